The van der Waals surface area contributed by atoms with Crippen molar-refractivity contribution in [1.29, 1.82) is 0 Å². The molecule has 0 aromatic carbocycles. The summed E-state index contributed by atoms with van der Waals surface area (Å²) in [6, 6.07) is 4.88. The summed E-state index contributed by atoms with van der Waals surface area (Å²) in [6.07, 6.45) is 3.67. The molecule has 0 bridgehead atoms. The van der Waals surface area contributed by atoms with Gasteiger partial charge in [-0.1, -0.05) is 11.6 Å². The number of carbonyl (C=O) groups is 2. The maximum Gasteiger partial charge on any atom is 0.289 e. The Kier molecular flexibility index (Phi) is 5.50. The highest BCUT2D eigenvalue weighted by Crippen LogP contribution is 2.26. The Morgan fingerprint density at radius 2 is 1.93 bits per heavy atom. The summed E-state index contributed by atoms with van der Waals surface area (Å²) in [5, 5.41) is 0.296. The van der Waals surface area contributed by atoms with Crippen molar-refractivity contribution in [2.45, 2.75) is 12.5 Å². The van der Waals surface area contributed by atoms with Gasteiger partial charge in [0.25, 0.3) is 11.8 Å². The summed E-state index contributed by atoms with van der Waals surface area (Å²) in [4.78, 5) is 32.6. The monoisotopic (exact) mass is 405 g/mol. The lowest BCUT2D eigenvalue weighted by atomic mass is 10.2. The molecule has 8 nitrogen and oxygen atoms in total. The molecule has 0 aliphatic carbocycles. The standard InChI is InChI=1S/C19H20ClN3O5/c20-15-10-13(11-21-17(15)28-14-3-9-26-12-14)18(24)22-4-6-23(7-5-22)19(25)16-2-1-8-27-16/h1-2,8,10-11,14H,3-7,9,12H2/t14-/m1/s1. The first-order valence-electron chi connectivity index (χ1n) is 9.14. The Bertz CT molecular complexity index is 843. The van der Waals surface area contributed by atoms with Crippen LogP contribution in [0.5, 0.6) is 5.88 Å². The molecule has 2 aromatic rings. The molecule has 2 aliphatic heterocycles. The van der Waals surface area contributed by atoms with Gasteiger partial charge in [0, 0.05) is 38.8 Å². The summed E-state index contributed by atoms with van der Waals surface area (Å²) in [5.41, 5.74) is 0.394. The average Bonchev–Trinajstić information content (AvgIpc) is 3.43. The summed E-state index contributed by atoms with van der Waals surface area (Å²) >= 11 is 6.25. The lowest BCUT2D eigenvalue weighted by molar-refractivity contribution is 0.0518. The van der Waals surface area contributed by atoms with Crippen LogP contribution in [0.4, 0.5) is 0 Å². The molecule has 4 heterocycles. The molecule has 2 saturated heterocycles. The van der Waals surface area contributed by atoms with Crippen molar-refractivity contribution in [2.24, 2.45) is 0 Å². The molecule has 0 unspecified atom stereocenters. The molecule has 0 spiro atoms. The van der Waals surface area contributed by atoms with Gasteiger partial charge in [-0.05, 0) is 18.2 Å². The minimum atomic E-state index is -0.171. The first-order chi connectivity index (χ1) is 13.6. The summed E-state index contributed by atoms with van der Waals surface area (Å²) in [7, 11) is 0. The van der Waals surface area contributed by atoms with Crippen LogP contribution in [-0.4, -0.2) is 72.1 Å². The Morgan fingerprint density at radius 3 is 2.54 bits per heavy atom. The molecule has 1 atom stereocenters. The summed E-state index contributed by atoms with van der Waals surface area (Å²) in [5.74, 6) is 0.274. The zero-order chi connectivity index (χ0) is 19.5. The number of nitrogens with zero attached hydrogens (tertiary/aromatic N) is 3. The van der Waals surface area contributed by atoms with Crippen molar-refractivity contribution >= 4 is 23.4 Å². The number of furan rings is 1. The summed E-state index contributed by atoms with van der Waals surface area (Å²) in [6.45, 7) is 2.92. The third-order valence-electron chi connectivity index (χ3n) is 4.81. The number of carbonyl (C=O) groups excluding carboxylic acids is 2. The van der Waals surface area contributed by atoms with Crippen molar-refractivity contribution in [1.82, 2.24) is 14.8 Å². The van der Waals surface area contributed by atoms with Gasteiger partial charge in [-0.3, -0.25) is 9.59 Å². The molecule has 4 rings (SSSR count). The van der Waals surface area contributed by atoms with Crippen LogP contribution < -0.4 is 4.74 Å². The van der Waals surface area contributed by atoms with Crippen molar-refractivity contribution in [3.05, 3.63) is 47.0 Å². The van der Waals surface area contributed by atoms with Crippen LogP contribution in [0.2, 0.25) is 5.02 Å². The van der Waals surface area contributed by atoms with Crippen molar-refractivity contribution in [3.8, 4) is 5.88 Å². The number of rotatable bonds is 4. The molecule has 28 heavy (non-hydrogen) atoms. The van der Waals surface area contributed by atoms with Crippen LogP contribution in [0, 0.1) is 0 Å². The third-order valence-corrected chi connectivity index (χ3v) is 5.08. The van der Waals surface area contributed by atoms with Crippen LogP contribution >= 0.6 is 11.6 Å². The van der Waals surface area contributed by atoms with Crippen molar-refractivity contribution in [3.63, 3.8) is 0 Å². The molecule has 2 amide bonds. The molecule has 0 radical (unpaired) electrons. The maximum absolute atomic E-state index is 12.8. The average molecular weight is 406 g/mol. The van der Waals surface area contributed by atoms with Crippen LogP contribution in [0.1, 0.15) is 27.3 Å². The minimum Gasteiger partial charge on any atom is -0.471 e. The zero-order valence-electron chi connectivity index (χ0n) is 15.2. The zero-order valence-corrected chi connectivity index (χ0v) is 15.9. The van der Waals surface area contributed by atoms with E-state index >= 15 is 0 Å². The lowest BCUT2D eigenvalue weighted by Gasteiger charge is -2.34. The second-order valence-corrected chi connectivity index (χ2v) is 7.08. The van der Waals surface area contributed by atoms with Crippen LogP contribution in [-0.2, 0) is 4.74 Å². The molecule has 0 saturated carbocycles. The number of ether oxygens (including phenoxy) is 2. The molecule has 9 heteroatoms. The number of halogens is 1. The molecular formula is C19H20ClN3O5. The fourth-order valence-corrected chi connectivity index (χ4v) is 3.45. The Balaban J connectivity index is 1.36. The van der Waals surface area contributed by atoms with Crippen LogP contribution in [0.25, 0.3) is 0 Å². The fourth-order valence-electron chi connectivity index (χ4n) is 3.24. The van der Waals surface area contributed by atoms with Gasteiger partial charge in [0.1, 0.15) is 11.1 Å². The third kappa shape index (κ3) is 3.98. The number of amides is 2. The topological polar surface area (TPSA) is 85.1 Å². The molecule has 2 fully saturated rings. The van der Waals surface area contributed by atoms with Gasteiger partial charge >= 0.3 is 0 Å². The number of piperazine rings is 1. The fraction of sp³-hybridized carbons (Fsp3) is 0.421. The predicted octanol–water partition coefficient (Wildman–Crippen LogP) is 2.09. The van der Waals surface area contributed by atoms with Gasteiger partial charge in [-0.2, -0.15) is 0 Å². The molecule has 0 N–H and O–H groups in total. The Labute approximate surface area is 167 Å². The first-order valence-corrected chi connectivity index (χ1v) is 9.51. The van der Waals surface area contributed by atoms with E-state index in [2.05, 4.69) is 4.98 Å². The van der Waals surface area contributed by atoms with E-state index in [1.807, 2.05) is 0 Å². The number of hydrogen-bond acceptors (Lipinski definition) is 6. The van der Waals surface area contributed by atoms with E-state index in [1.54, 1.807) is 28.0 Å². The second-order valence-electron chi connectivity index (χ2n) is 6.68. The Hall–Kier alpha value is -2.58. The Morgan fingerprint density at radius 1 is 1.18 bits per heavy atom. The smallest absolute Gasteiger partial charge is 0.289 e. The molecular weight excluding hydrogens is 386 g/mol. The van der Waals surface area contributed by atoms with Gasteiger partial charge in [-0.25, -0.2) is 4.98 Å². The van der Waals surface area contributed by atoms with Gasteiger partial charge in [-0.15, -0.1) is 0 Å². The van der Waals surface area contributed by atoms with Crippen LogP contribution in [0.3, 0.4) is 0 Å². The van der Waals surface area contributed by atoms with E-state index in [4.69, 9.17) is 25.5 Å². The van der Waals surface area contributed by atoms with E-state index in [-0.39, 0.29) is 17.9 Å². The predicted molar refractivity (Wildman–Crippen MR) is 99.6 cm³/mol. The number of pyridine rings is 1. The number of aromatic nitrogens is 1. The SMILES string of the molecule is O=C(c1cnc(O[C@@H]2CCOC2)c(Cl)c1)N1CCN(C(=O)c2ccco2)CC1. The van der Waals surface area contributed by atoms with E-state index < -0.39 is 0 Å². The van der Waals surface area contributed by atoms with Gasteiger partial charge in [0.05, 0.1) is 25.0 Å². The molecule has 148 valence electrons. The van der Waals surface area contributed by atoms with Gasteiger partial charge in [0.15, 0.2) is 5.76 Å². The minimum absolute atomic E-state index is 0.0636. The van der Waals surface area contributed by atoms with E-state index in [1.165, 1.54) is 12.5 Å². The highest BCUT2D eigenvalue weighted by molar-refractivity contribution is 6.32. The van der Waals surface area contributed by atoms with Crippen molar-refractivity contribution in [2.75, 3.05) is 39.4 Å². The molecule has 2 aromatic heterocycles. The van der Waals surface area contributed by atoms with Gasteiger partial charge in [0.2, 0.25) is 5.88 Å². The van der Waals surface area contributed by atoms with E-state index in [9.17, 15) is 9.59 Å². The highest BCUT2D eigenvalue weighted by atomic mass is 35.5. The number of hydrogen-bond donors (Lipinski definition) is 0. The first kappa shape index (κ1) is 18.8. The highest BCUT2D eigenvalue weighted by Gasteiger charge is 2.27. The van der Waals surface area contributed by atoms with Gasteiger partial charge < -0.3 is 23.7 Å². The quantitative estimate of drug-likeness (QED) is 0.774. The van der Waals surface area contributed by atoms with Crippen LogP contribution in [0.15, 0.2) is 35.1 Å². The lowest BCUT2D eigenvalue weighted by Crippen LogP contribution is -2.50. The largest absolute Gasteiger partial charge is 0.471 e. The summed E-state index contributed by atoms with van der Waals surface area (Å²) < 4.78 is 16.1. The van der Waals surface area contributed by atoms with E-state index in [0.717, 1.165) is 6.42 Å². The maximum atomic E-state index is 12.8. The normalized spacial score (nSPS) is 19.7. The van der Waals surface area contributed by atoms with E-state index in [0.29, 0.717) is 61.6 Å². The second kappa shape index (κ2) is 8.20. The van der Waals surface area contributed by atoms with Crippen molar-refractivity contribution < 1.29 is 23.5 Å². The molecule has 2 aliphatic rings.